The van der Waals surface area contributed by atoms with Gasteiger partial charge in [-0.25, -0.2) is 0 Å². The highest BCUT2D eigenvalue weighted by Gasteiger charge is 2.08. The monoisotopic (exact) mass is 322 g/mol. The molecule has 0 heterocycles. The van der Waals surface area contributed by atoms with Crippen molar-refractivity contribution in [2.24, 2.45) is 5.73 Å². The van der Waals surface area contributed by atoms with Crippen LogP contribution in [-0.2, 0) is 16.1 Å². The van der Waals surface area contributed by atoms with Crippen LogP contribution in [-0.4, -0.2) is 19.6 Å². The lowest BCUT2D eigenvalue weighted by Crippen LogP contribution is -2.17. The predicted molar refractivity (Wildman–Crippen MR) is 74.4 cm³/mol. The van der Waals surface area contributed by atoms with E-state index in [-0.39, 0.29) is 18.3 Å². The maximum absolute atomic E-state index is 11.4. The molecule has 0 radical (unpaired) electrons. The van der Waals surface area contributed by atoms with Crippen molar-refractivity contribution in [2.75, 3.05) is 19.0 Å². The SMILES string of the molecule is COCc1c(Br)cccc1NC(=O)CCN.Cl. The first-order valence-electron chi connectivity index (χ1n) is 4.95. The van der Waals surface area contributed by atoms with E-state index in [0.29, 0.717) is 19.6 Å². The Bertz CT molecular complexity index is 374. The Balaban J connectivity index is 0.00000256. The van der Waals surface area contributed by atoms with Gasteiger partial charge in [-0.05, 0) is 12.1 Å². The highest BCUT2D eigenvalue weighted by atomic mass is 79.9. The molecule has 1 aromatic rings. The van der Waals surface area contributed by atoms with Gasteiger partial charge in [-0.15, -0.1) is 12.4 Å². The largest absolute Gasteiger partial charge is 0.380 e. The Morgan fingerprint density at radius 1 is 1.53 bits per heavy atom. The van der Waals surface area contributed by atoms with E-state index >= 15 is 0 Å². The molecule has 0 aromatic heterocycles. The molecule has 6 heteroatoms. The fourth-order valence-electron chi connectivity index (χ4n) is 1.31. The average Bonchev–Trinajstić information content (AvgIpc) is 2.23. The van der Waals surface area contributed by atoms with Crippen molar-refractivity contribution in [1.82, 2.24) is 0 Å². The smallest absolute Gasteiger partial charge is 0.225 e. The molecule has 0 aliphatic rings. The molecular formula is C11H16BrClN2O2. The highest BCUT2D eigenvalue weighted by Crippen LogP contribution is 2.25. The average molecular weight is 324 g/mol. The number of ether oxygens (including phenoxy) is 1. The van der Waals surface area contributed by atoms with Gasteiger partial charge in [-0.2, -0.15) is 0 Å². The van der Waals surface area contributed by atoms with Crippen molar-refractivity contribution in [3.8, 4) is 0 Å². The fraction of sp³-hybridized carbons (Fsp3) is 0.364. The molecule has 1 aromatic carbocycles. The van der Waals surface area contributed by atoms with Crippen LogP contribution in [0.2, 0.25) is 0 Å². The maximum atomic E-state index is 11.4. The molecule has 0 aliphatic carbocycles. The predicted octanol–water partition coefficient (Wildman–Crippen LogP) is 2.30. The topological polar surface area (TPSA) is 64.3 Å². The quantitative estimate of drug-likeness (QED) is 0.874. The summed E-state index contributed by atoms with van der Waals surface area (Å²) in [5.74, 6) is -0.0852. The van der Waals surface area contributed by atoms with Gasteiger partial charge in [0.1, 0.15) is 0 Å². The van der Waals surface area contributed by atoms with Gasteiger partial charge in [0, 0.05) is 35.8 Å². The lowest BCUT2D eigenvalue weighted by molar-refractivity contribution is -0.116. The molecule has 0 unspecified atom stereocenters. The summed E-state index contributed by atoms with van der Waals surface area (Å²) in [6.07, 6.45) is 0.318. The van der Waals surface area contributed by atoms with E-state index in [4.69, 9.17) is 10.5 Å². The number of amides is 1. The first-order valence-corrected chi connectivity index (χ1v) is 5.74. The molecule has 0 atom stereocenters. The van der Waals surface area contributed by atoms with Gasteiger partial charge in [-0.1, -0.05) is 22.0 Å². The van der Waals surface area contributed by atoms with E-state index in [1.54, 1.807) is 7.11 Å². The van der Waals surface area contributed by atoms with Gasteiger partial charge in [0.15, 0.2) is 0 Å². The number of hydrogen-bond acceptors (Lipinski definition) is 3. The lowest BCUT2D eigenvalue weighted by atomic mass is 10.2. The molecule has 0 saturated heterocycles. The molecule has 3 N–H and O–H groups in total. The number of carbonyl (C=O) groups excluding carboxylic acids is 1. The van der Waals surface area contributed by atoms with Crippen molar-refractivity contribution < 1.29 is 9.53 Å². The van der Waals surface area contributed by atoms with Crippen molar-refractivity contribution in [3.05, 3.63) is 28.2 Å². The van der Waals surface area contributed by atoms with Crippen molar-refractivity contribution >= 4 is 39.9 Å². The van der Waals surface area contributed by atoms with Crippen LogP contribution in [0.1, 0.15) is 12.0 Å². The third kappa shape index (κ3) is 5.04. The fourth-order valence-corrected chi connectivity index (χ4v) is 1.79. The van der Waals surface area contributed by atoms with Crippen molar-refractivity contribution in [1.29, 1.82) is 0 Å². The molecule has 1 rings (SSSR count). The Kier molecular flexibility index (Phi) is 8.16. The van der Waals surface area contributed by atoms with E-state index in [1.807, 2.05) is 18.2 Å². The zero-order valence-electron chi connectivity index (χ0n) is 9.53. The van der Waals surface area contributed by atoms with Gasteiger partial charge in [0.25, 0.3) is 0 Å². The van der Waals surface area contributed by atoms with Crippen molar-refractivity contribution in [3.63, 3.8) is 0 Å². The minimum Gasteiger partial charge on any atom is -0.380 e. The van der Waals surface area contributed by atoms with Crippen LogP contribution in [0.3, 0.4) is 0 Å². The van der Waals surface area contributed by atoms with Gasteiger partial charge in [0.05, 0.1) is 6.61 Å². The minimum atomic E-state index is -0.0852. The van der Waals surface area contributed by atoms with E-state index in [0.717, 1.165) is 15.7 Å². The van der Waals surface area contributed by atoms with Crippen LogP contribution in [0.25, 0.3) is 0 Å². The number of anilines is 1. The molecule has 0 spiro atoms. The Hall–Kier alpha value is -0.620. The summed E-state index contributed by atoms with van der Waals surface area (Å²) in [5, 5.41) is 2.81. The number of carbonyl (C=O) groups is 1. The highest BCUT2D eigenvalue weighted by molar-refractivity contribution is 9.10. The van der Waals surface area contributed by atoms with Crippen molar-refractivity contribution in [2.45, 2.75) is 13.0 Å². The number of rotatable bonds is 5. The molecule has 4 nitrogen and oxygen atoms in total. The van der Waals surface area contributed by atoms with E-state index in [9.17, 15) is 4.79 Å². The summed E-state index contributed by atoms with van der Waals surface area (Å²) >= 11 is 3.42. The van der Waals surface area contributed by atoms with E-state index in [1.165, 1.54) is 0 Å². The molecule has 17 heavy (non-hydrogen) atoms. The van der Waals surface area contributed by atoms with Gasteiger partial charge in [-0.3, -0.25) is 4.79 Å². The standard InChI is InChI=1S/C11H15BrN2O2.ClH/c1-16-7-8-9(12)3-2-4-10(8)14-11(15)5-6-13;/h2-4H,5-7,13H2,1H3,(H,14,15);1H. The third-order valence-electron chi connectivity index (χ3n) is 2.05. The summed E-state index contributed by atoms with van der Waals surface area (Å²) in [7, 11) is 1.62. The van der Waals surface area contributed by atoms with Crippen LogP contribution in [0.4, 0.5) is 5.69 Å². The molecule has 1 amide bonds. The first-order chi connectivity index (χ1) is 7.69. The Morgan fingerprint density at radius 2 is 2.24 bits per heavy atom. The summed E-state index contributed by atoms with van der Waals surface area (Å²) < 4.78 is 6.00. The Morgan fingerprint density at radius 3 is 2.82 bits per heavy atom. The number of halogens is 2. The van der Waals surface area contributed by atoms with Gasteiger partial charge < -0.3 is 15.8 Å². The second kappa shape index (κ2) is 8.47. The van der Waals surface area contributed by atoms with Crippen LogP contribution in [0.5, 0.6) is 0 Å². The van der Waals surface area contributed by atoms with Crippen LogP contribution < -0.4 is 11.1 Å². The van der Waals surface area contributed by atoms with Crippen LogP contribution in [0, 0.1) is 0 Å². The normalized spacial score (nSPS) is 9.59. The molecule has 0 saturated carbocycles. The van der Waals surface area contributed by atoms with E-state index < -0.39 is 0 Å². The molecular weight excluding hydrogens is 307 g/mol. The zero-order chi connectivity index (χ0) is 12.0. The number of benzene rings is 1. The summed E-state index contributed by atoms with van der Waals surface area (Å²) in [6, 6.07) is 5.61. The molecule has 0 aliphatic heterocycles. The number of nitrogens with one attached hydrogen (secondary N) is 1. The lowest BCUT2D eigenvalue weighted by Gasteiger charge is -2.11. The minimum absolute atomic E-state index is 0. The van der Waals surface area contributed by atoms with Gasteiger partial charge >= 0.3 is 0 Å². The molecule has 0 fully saturated rings. The third-order valence-corrected chi connectivity index (χ3v) is 2.80. The second-order valence-electron chi connectivity index (χ2n) is 3.29. The van der Waals surface area contributed by atoms with E-state index in [2.05, 4.69) is 21.2 Å². The number of hydrogen-bond donors (Lipinski definition) is 2. The van der Waals surface area contributed by atoms with Crippen LogP contribution in [0.15, 0.2) is 22.7 Å². The number of nitrogens with two attached hydrogens (primary N) is 1. The summed E-state index contributed by atoms with van der Waals surface area (Å²) in [4.78, 5) is 11.4. The molecule has 96 valence electrons. The van der Waals surface area contributed by atoms with Crippen LogP contribution >= 0.6 is 28.3 Å². The second-order valence-corrected chi connectivity index (χ2v) is 4.14. The maximum Gasteiger partial charge on any atom is 0.225 e. The summed E-state index contributed by atoms with van der Waals surface area (Å²) in [5.41, 5.74) is 7.00. The Labute approximate surface area is 115 Å². The summed E-state index contributed by atoms with van der Waals surface area (Å²) in [6.45, 7) is 0.791. The number of methoxy groups -OCH3 is 1. The van der Waals surface area contributed by atoms with Gasteiger partial charge in [0.2, 0.25) is 5.91 Å². The first kappa shape index (κ1) is 16.4. The molecule has 0 bridgehead atoms. The zero-order valence-corrected chi connectivity index (χ0v) is 11.9.